The molecule has 1 aliphatic rings. The fourth-order valence-electron chi connectivity index (χ4n) is 5.21. The van der Waals surface area contributed by atoms with Gasteiger partial charge >= 0.3 is 0 Å². The first-order valence-electron chi connectivity index (χ1n) is 15.0. The van der Waals surface area contributed by atoms with Crippen molar-refractivity contribution in [2.45, 2.75) is 48.9 Å². The first-order valence-corrected chi connectivity index (χ1v) is 18.1. The molecule has 1 heterocycles. The largest absolute Gasteiger partial charge is 0.376 e. The number of benzene rings is 3. The van der Waals surface area contributed by atoms with Gasteiger partial charge in [0.1, 0.15) is 5.69 Å². The van der Waals surface area contributed by atoms with E-state index >= 15 is 0 Å². The van der Waals surface area contributed by atoms with E-state index < -0.39 is 47.3 Å². The number of anilines is 2. The second kappa shape index (κ2) is 14.2. The monoisotopic (exact) mass is 671 g/mol. The highest BCUT2D eigenvalue weighted by atomic mass is 32.2. The van der Waals surface area contributed by atoms with Crippen LogP contribution in [0, 0.1) is 15.5 Å². The Kier molecular flexibility index (Phi) is 10.7. The molecular weight excluding hydrogens is 631 g/mol. The lowest BCUT2D eigenvalue weighted by Crippen LogP contribution is -2.37. The van der Waals surface area contributed by atoms with Crippen LogP contribution in [0.1, 0.15) is 43.5 Å². The SMILES string of the molecule is CN(C)CC[C@H](CS(=O)(=O)c1ccccc1)Nc1ccc(S(=O)(=O)NC(=O)c2ccc(N3CCC(C)(C)CC3)cc2)cc1[N+](=O)[O-]. The van der Waals surface area contributed by atoms with Crippen LogP contribution in [0.25, 0.3) is 0 Å². The van der Waals surface area contributed by atoms with E-state index in [1.807, 2.05) is 23.7 Å². The van der Waals surface area contributed by atoms with Crippen LogP contribution in [0.4, 0.5) is 17.1 Å². The predicted molar refractivity (Wildman–Crippen MR) is 178 cm³/mol. The molecule has 0 bridgehead atoms. The van der Waals surface area contributed by atoms with E-state index in [-0.39, 0.29) is 27.3 Å². The van der Waals surface area contributed by atoms with E-state index in [0.717, 1.165) is 43.8 Å². The minimum atomic E-state index is -4.48. The van der Waals surface area contributed by atoms with Crippen molar-refractivity contribution in [1.82, 2.24) is 9.62 Å². The molecule has 2 N–H and O–H groups in total. The molecule has 248 valence electrons. The number of carbonyl (C=O) groups excluding carboxylic acids is 1. The maximum Gasteiger partial charge on any atom is 0.293 e. The quantitative estimate of drug-likeness (QED) is 0.195. The Balaban J connectivity index is 1.51. The maximum absolute atomic E-state index is 13.2. The Morgan fingerprint density at radius 1 is 0.957 bits per heavy atom. The number of piperidine rings is 1. The average molecular weight is 672 g/mol. The molecule has 3 aromatic rings. The summed E-state index contributed by atoms with van der Waals surface area (Å²) >= 11 is 0. The minimum absolute atomic E-state index is 0.0426. The number of nitro benzene ring substituents is 1. The molecule has 1 aliphatic heterocycles. The number of hydrogen-bond acceptors (Lipinski definition) is 10. The molecule has 1 fully saturated rings. The van der Waals surface area contributed by atoms with Gasteiger partial charge in [0.05, 0.1) is 20.5 Å². The number of carbonyl (C=O) groups is 1. The van der Waals surface area contributed by atoms with E-state index in [2.05, 4.69) is 24.1 Å². The van der Waals surface area contributed by atoms with Crippen molar-refractivity contribution in [3.05, 3.63) is 88.5 Å². The zero-order chi connectivity index (χ0) is 33.7. The summed E-state index contributed by atoms with van der Waals surface area (Å²) in [4.78, 5) is 27.9. The van der Waals surface area contributed by atoms with Crippen molar-refractivity contribution in [2.75, 3.05) is 49.7 Å². The minimum Gasteiger partial charge on any atom is -0.376 e. The van der Waals surface area contributed by atoms with Crippen molar-refractivity contribution in [1.29, 1.82) is 0 Å². The summed E-state index contributed by atoms with van der Waals surface area (Å²) in [6.07, 6.45) is 2.41. The van der Waals surface area contributed by atoms with Crippen LogP contribution >= 0.6 is 0 Å². The molecule has 0 spiro atoms. The van der Waals surface area contributed by atoms with Crippen LogP contribution in [0.15, 0.2) is 82.6 Å². The zero-order valence-corrected chi connectivity index (χ0v) is 28.1. The van der Waals surface area contributed by atoms with Crippen molar-refractivity contribution < 1.29 is 26.6 Å². The standard InChI is InChI=1S/C32H41N5O7S2/c1-32(2)17-20-36(21-18-32)26-12-10-24(11-13-26)31(38)34-46(43,44)28-14-15-29(30(22-28)37(39)40)33-25(16-19-35(3)4)23-45(41,42)27-8-6-5-7-9-27/h5-15,22,25,33H,16-21,23H2,1-4H3,(H,34,38)/t25-/m1/s1. The third-order valence-electron chi connectivity index (χ3n) is 8.12. The van der Waals surface area contributed by atoms with Crippen molar-refractivity contribution in [3.8, 4) is 0 Å². The highest BCUT2D eigenvalue weighted by Crippen LogP contribution is 2.32. The number of sulfone groups is 1. The summed E-state index contributed by atoms with van der Waals surface area (Å²) in [6, 6.07) is 17.0. The van der Waals surface area contributed by atoms with E-state index in [4.69, 9.17) is 0 Å². The molecule has 0 radical (unpaired) electrons. The number of rotatable bonds is 13. The van der Waals surface area contributed by atoms with E-state index in [9.17, 15) is 31.7 Å². The van der Waals surface area contributed by atoms with Gasteiger partial charge in [-0.05, 0) is 93.8 Å². The third-order valence-corrected chi connectivity index (χ3v) is 11.3. The Hall–Kier alpha value is -4.01. The van der Waals surface area contributed by atoms with Gasteiger partial charge in [0.15, 0.2) is 9.84 Å². The van der Waals surface area contributed by atoms with Gasteiger partial charge in [-0.3, -0.25) is 14.9 Å². The highest BCUT2D eigenvalue weighted by Gasteiger charge is 2.28. The topological polar surface area (TPSA) is 159 Å². The molecule has 1 saturated heterocycles. The van der Waals surface area contributed by atoms with Gasteiger partial charge in [-0.1, -0.05) is 32.0 Å². The molecule has 46 heavy (non-hydrogen) atoms. The van der Waals surface area contributed by atoms with Gasteiger partial charge < -0.3 is 15.1 Å². The summed E-state index contributed by atoms with van der Waals surface area (Å²) in [6.45, 7) is 6.73. The molecule has 1 atom stereocenters. The van der Waals surface area contributed by atoms with Crippen molar-refractivity contribution >= 4 is 42.8 Å². The number of hydrogen-bond donors (Lipinski definition) is 2. The van der Waals surface area contributed by atoms with E-state index in [1.165, 1.54) is 18.2 Å². The lowest BCUT2D eigenvalue weighted by Gasteiger charge is -2.38. The first-order chi connectivity index (χ1) is 21.6. The number of nitrogens with one attached hydrogen (secondary N) is 2. The van der Waals surface area contributed by atoms with Crippen molar-refractivity contribution in [3.63, 3.8) is 0 Å². The van der Waals surface area contributed by atoms with Crippen LogP contribution in [0.5, 0.6) is 0 Å². The van der Waals surface area contributed by atoms with Crippen LogP contribution in [0.3, 0.4) is 0 Å². The average Bonchev–Trinajstić information content (AvgIpc) is 3.00. The lowest BCUT2D eigenvalue weighted by atomic mass is 9.82. The number of nitro groups is 1. The Labute approximate surface area is 270 Å². The Bertz CT molecular complexity index is 1750. The van der Waals surface area contributed by atoms with Crippen molar-refractivity contribution in [2.24, 2.45) is 5.41 Å². The summed E-state index contributed by atoms with van der Waals surface area (Å²) < 4.78 is 54.5. The van der Waals surface area contributed by atoms with Crippen LogP contribution in [0.2, 0.25) is 0 Å². The van der Waals surface area contributed by atoms with Crippen LogP contribution < -0.4 is 14.9 Å². The smallest absolute Gasteiger partial charge is 0.293 e. The van der Waals surface area contributed by atoms with Gasteiger partial charge in [-0.2, -0.15) is 0 Å². The molecule has 3 aromatic carbocycles. The first kappa shape index (κ1) is 34.9. The molecule has 12 nitrogen and oxygen atoms in total. The van der Waals surface area contributed by atoms with Gasteiger partial charge in [-0.15, -0.1) is 0 Å². The zero-order valence-electron chi connectivity index (χ0n) is 26.5. The van der Waals surface area contributed by atoms with Crippen LogP contribution in [-0.2, 0) is 19.9 Å². The fraction of sp³-hybridized carbons (Fsp3) is 0.406. The molecule has 1 amide bonds. The summed E-state index contributed by atoms with van der Waals surface area (Å²) in [5, 5.41) is 15.0. The number of nitrogens with zero attached hydrogens (tertiary/aromatic N) is 3. The van der Waals surface area contributed by atoms with Gasteiger partial charge in [0, 0.05) is 36.4 Å². The molecule has 0 unspecified atom stereocenters. The summed E-state index contributed by atoms with van der Waals surface area (Å²) in [7, 11) is -4.58. The number of sulfonamides is 1. The number of amides is 1. The normalized spacial score (nSPS) is 15.7. The maximum atomic E-state index is 13.2. The Morgan fingerprint density at radius 2 is 1.59 bits per heavy atom. The predicted octanol–water partition coefficient (Wildman–Crippen LogP) is 4.55. The molecular formula is C32H41N5O7S2. The second-order valence-electron chi connectivity index (χ2n) is 12.6. The summed E-state index contributed by atoms with van der Waals surface area (Å²) in [5.74, 6) is -1.21. The molecule has 0 saturated carbocycles. The molecule has 0 aliphatic carbocycles. The fourth-order valence-corrected chi connectivity index (χ4v) is 7.74. The van der Waals surface area contributed by atoms with Gasteiger partial charge in [0.2, 0.25) is 0 Å². The molecule has 4 rings (SSSR count). The summed E-state index contributed by atoms with van der Waals surface area (Å²) in [5.41, 5.74) is 0.732. The van der Waals surface area contributed by atoms with Gasteiger partial charge in [-0.25, -0.2) is 21.6 Å². The van der Waals surface area contributed by atoms with E-state index in [1.54, 1.807) is 42.5 Å². The lowest BCUT2D eigenvalue weighted by molar-refractivity contribution is -0.384. The second-order valence-corrected chi connectivity index (χ2v) is 16.3. The Morgan fingerprint density at radius 3 is 2.17 bits per heavy atom. The van der Waals surface area contributed by atoms with E-state index in [0.29, 0.717) is 13.0 Å². The van der Waals surface area contributed by atoms with Crippen LogP contribution in [-0.4, -0.2) is 78.1 Å². The molecule has 14 heteroatoms. The van der Waals surface area contributed by atoms with Gasteiger partial charge in [0.25, 0.3) is 21.6 Å². The highest BCUT2D eigenvalue weighted by molar-refractivity contribution is 7.91. The molecule has 0 aromatic heterocycles. The third kappa shape index (κ3) is 9.04.